The Kier molecular flexibility index (Phi) is 6.36. The van der Waals surface area contributed by atoms with Crippen LogP contribution in [-0.4, -0.2) is 9.97 Å². The van der Waals surface area contributed by atoms with Crippen molar-refractivity contribution < 1.29 is 0 Å². The van der Waals surface area contributed by atoms with Gasteiger partial charge in [-0.15, -0.1) is 0 Å². The summed E-state index contributed by atoms with van der Waals surface area (Å²) < 4.78 is 0. The fourth-order valence-corrected chi connectivity index (χ4v) is 0.253. The summed E-state index contributed by atoms with van der Waals surface area (Å²) in [6, 6.07) is 1.78. The fraction of sp³-hybridized carbons (Fsp3) is 0.429. The molecule has 2 heteroatoms. The summed E-state index contributed by atoms with van der Waals surface area (Å²) in [4.78, 5) is 7.35. The minimum absolute atomic E-state index is 1.25. The standard InChI is InChI=1S/C4H4N2.C3H8/c1-2-5-4-6-3-1;1-3-2/h1-4H;3H2,1-2H3. The molecule has 0 aliphatic heterocycles. The van der Waals surface area contributed by atoms with Crippen molar-refractivity contribution in [1.29, 1.82) is 0 Å². The van der Waals surface area contributed by atoms with Crippen LogP contribution in [0.25, 0.3) is 0 Å². The summed E-state index contributed by atoms with van der Waals surface area (Å²) in [5.74, 6) is 0. The van der Waals surface area contributed by atoms with Crippen molar-refractivity contribution in [3.63, 3.8) is 0 Å². The molecule has 0 aliphatic carbocycles. The van der Waals surface area contributed by atoms with E-state index in [-0.39, 0.29) is 0 Å². The largest absolute Gasteiger partial charge is 0.245 e. The van der Waals surface area contributed by atoms with Gasteiger partial charge in [0.15, 0.2) is 0 Å². The minimum Gasteiger partial charge on any atom is -0.245 e. The quantitative estimate of drug-likeness (QED) is 0.527. The second-order valence-electron chi connectivity index (χ2n) is 1.61. The van der Waals surface area contributed by atoms with Crippen molar-refractivity contribution in [2.45, 2.75) is 20.3 Å². The van der Waals surface area contributed by atoms with E-state index in [9.17, 15) is 0 Å². The van der Waals surface area contributed by atoms with Gasteiger partial charge in [-0.2, -0.15) is 0 Å². The van der Waals surface area contributed by atoms with Gasteiger partial charge in [0.25, 0.3) is 0 Å². The van der Waals surface area contributed by atoms with Gasteiger partial charge in [0.05, 0.1) is 0 Å². The van der Waals surface area contributed by atoms with Gasteiger partial charge < -0.3 is 0 Å². The smallest absolute Gasteiger partial charge is 0.115 e. The Morgan fingerprint density at radius 3 is 1.67 bits per heavy atom. The van der Waals surface area contributed by atoms with Crippen molar-refractivity contribution in [3.8, 4) is 0 Å². The first-order chi connectivity index (χ1) is 4.41. The van der Waals surface area contributed by atoms with E-state index < -0.39 is 0 Å². The number of hydrogen-bond donors (Lipinski definition) is 0. The molecule has 1 heterocycles. The summed E-state index contributed by atoms with van der Waals surface area (Å²) in [6.45, 7) is 4.25. The molecule has 1 aromatic rings. The summed E-state index contributed by atoms with van der Waals surface area (Å²) >= 11 is 0. The molecule has 0 unspecified atom stereocenters. The first-order valence-corrected chi connectivity index (χ1v) is 3.11. The molecule has 0 spiro atoms. The van der Waals surface area contributed by atoms with Crippen LogP contribution < -0.4 is 0 Å². The molecule has 0 amide bonds. The highest BCUT2D eigenvalue weighted by atomic mass is 14.8. The van der Waals surface area contributed by atoms with Gasteiger partial charge >= 0.3 is 0 Å². The van der Waals surface area contributed by atoms with Crippen LogP contribution >= 0.6 is 0 Å². The van der Waals surface area contributed by atoms with E-state index in [2.05, 4.69) is 23.8 Å². The highest BCUT2D eigenvalue weighted by Gasteiger charge is 1.59. The van der Waals surface area contributed by atoms with Gasteiger partial charge in [-0.1, -0.05) is 20.3 Å². The van der Waals surface area contributed by atoms with Crippen LogP contribution in [0.1, 0.15) is 20.3 Å². The molecule has 0 saturated heterocycles. The maximum Gasteiger partial charge on any atom is 0.115 e. The zero-order chi connectivity index (χ0) is 6.95. The van der Waals surface area contributed by atoms with Gasteiger partial charge in [0, 0.05) is 12.4 Å². The van der Waals surface area contributed by atoms with Crippen molar-refractivity contribution in [2.24, 2.45) is 0 Å². The van der Waals surface area contributed by atoms with E-state index in [4.69, 9.17) is 0 Å². The van der Waals surface area contributed by atoms with E-state index in [0.717, 1.165) is 0 Å². The molecule has 0 fully saturated rings. The Labute approximate surface area is 56.0 Å². The SMILES string of the molecule is CCC.c1cncnc1. The zero-order valence-electron chi connectivity index (χ0n) is 5.91. The summed E-state index contributed by atoms with van der Waals surface area (Å²) in [7, 11) is 0. The highest BCUT2D eigenvalue weighted by Crippen LogP contribution is 1.66. The van der Waals surface area contributed by atoms with Crippen LogP contribution in [0.5, 0.6) is 0 Å². The van der Waals surface area contributed by atoms with Crippen LogP contribution in [-0.2, 0) is 0 Å². The second-order valence-corrected chi connectivity index (χ2v) is 1.61. The van der Waals surface area contributed by atoms with Gasteiger partial charge in [0.1, 0.15) is 6.33 Å². The van der Waals surface area contributed by atoms with Crippen LogP contribution in [0.15, 0.2) is 24.8 Å². The predicted molar refractivity (Wildman–Crippen MR) is 38.0 cm³/mol. The third-order valence-corrected chi connectivity index (χ3v) is 0.478. The highest BCUT2D eigenvalue weighted by molar-refractivity contribution is 4.74. The average molecular weight is 124 g/mol. The van der Waals surface area contributed by atoms with Crippen LogP contribution in [0.2, 0.25) is 0 Å². The second kappa shape index (κ2) is 7.08. The molecule has 1 aromatic heterocycles. The molecule has 1 rings (SSSR count). The predicted octanol–water partition coefficient (Wildman–Crippen LogP) is 1.89. The summed E-state index contributed by atoms with van der Waals surface area (Å²) in [5.41, 5.74) is 0. The maximum absolute atomic E-state index is 3.67. The number of rotatable bonds is 0. The third kappa shape index (κ3) is 7.08. The van der Waals surface area contributed by atoms with E-state index in [0.29, 0.717) is 0 Å². The first-order valence-electron chi connectivity index (χ1n) is 3.11. The van der Waals surface area contributed by atoms with E-state index in [1.54, 1.807) is 18.5 Å². The van der Waals surface area contributed by atoms with Gasteiger partial charge in [-0.05, 0) is 6.07 Å². The third-order valence-electron chi connectivity index (χ3n) is 0.478. The van der Waals surface area contributed by atoms with Gasteiger partial charge in [-0.3, -0.25) is 0 Å². The molecule has 2 nitrogen and oxygen atoms in total. The lowest BCUT2D eigenvalue weighted by molar-refractivity contribution is 1.09. The van der Waals surface area contributed by atoms with Crippen LogP contribution in [0, 0.1) is 0 Å². The van der Waals surface area contributed by atoms with Gasteiger partial charge in [0.2, 0.25) is 0 Å². The molecule has 0 aliphatic rings. The lowest BCUT2D eigenvalue weighted by Crippen LogP contribution is -1.66. The van der Waals surface area contributed by atoms with Crippen LogP contribution in [0.3, 0.4) is 0 Å². The van der Waals surface area contributed by atoms with E-state index >= 15 is 0 Å². The molecule has 0 N–H and O–H groups in total. The first kappa shape index (κ1) is 8.08. The van der Waals surface area contributed by atoms with Crippen molar-refractivity contribution in [1.82, 2.24) is 9.97 Å². The summed E-state index contributed by atoms with van der Waals surface area (Å²) in [5, 5.41) is 0. The average Bonchev–Trinajstić information content (AvgIpc) is 1.93. The number of hydrogen-bond acceptors (Lipinski definition) is 2. The van der Waals surface area contributed by atoms with Crippen molar-refractivity contribution in [2.75, 3.05) is 0 Å². The minimum atomic E-state index is 1.25. The Morgan fingerprint density at radius 1 is 1.11 bits per heavy atom. The van der Waals surface area contributed by atoms with Crippen molar-refractivity contribution >= 4 is 0 Å². The molecule has 9 heavy (non-hydrogen) atoms. The summed E-state index contributed by atoms with van der Waals surface area (Å²) in [6.07, 6.45) is 6.12. The molecule has 0 atom stereocenters. The number of nitrogens with zero attached hydrogens (tertiary/aromatic N) is 2. The van der Waals surface area contributed by atoms with E-state index in [1.165, 1.54) is 12.7 Å². The zero-order valence-corrected chi connectivity index (χ0v) is 5.91. The van der Waals surface area contributed by atoms with E-state index in [1.807, 2.05) is 0 Å². The molecular weight excluding hydrogens is 112 g/mol. The lowest BCUT2D eigenvalue weighted by Gasteiger charge is -1.70. The normalized spacial score (nSPS) is 7.33. The van der Waals surface area contributed by atoms with Crippen molar-refractivity contribution in [3.05, 3.63) is 24.8 Å². The Bertz CT molecular complexity index is 89.8. The van der Waals surface area contributed by atoms with Crippen LogP contribution in [0.4, 0.5) is 0 Å². The monoisotopic (exact) mass is 124 g/mol. The Morgan fingerprint density at radius 2 is 1.56 bits per heavy atom. The Hall–Kier alpha value is -0.920. The number of aromatic nitrogens is 2. The van der Waals surface area contributed by atoms with Gasteiger partial charge in [-0.25, -0.2) is 9.97 Å². The lowest BCUT2D eigenvalue weighted by atomic mass is 10.6. The molecule has 50 valence electrons. The topological polar surface area (TPSA) is 25.8 Å². The molecular formula is C7H12N2. The maximum atomic E-state index is 3.67. The molecule has 0 saturated carbocycles. The molecule has 0 radical (unpaired) electrons. The molecule has 0 aromatic carbocycles. The molecule has 0 bridgehead atoms. The fourth-order valence-electron chi connectivity index (χ4n) is 0.253. The Balaban J connectivity index is 0.000000187.